The minimum Gasteiger partial charge on any atom is -0.472 e. The maximum atomic E-state index is 7.63. The Morgan fingerprint density at radius 1 is 0.702 bits per heavy atom. The molecule has 3 aliphatic carbocycles. The number of hydrogen-bond donors (Lipinski definition) is 0. The van der Waals surface area contributed by atoms with Gasteiger partial charge in [-0.3, -0.25) is 0 Å². The maximum absolute atomic E-state index is 7.63. The zero-order chi connectivity index (χ0) is 32.0. The minimum absolute atomic E-state index is 0.219. The summed E-state index contributed by atoms with van der Waals surface area (Å²) in [7, 11) is 4.19. The van der Waals surface area contributed by atoms with Gasteiger partial charge in [0.15, 0.2) is 5.60 Å². The van der Waals surface area contributed by atoms with Gasteiger partial charge in [0.05, 0.1) is 0 Å². The molecule has 2 nitrogen and oxygen atoms in total. The van der Waals surface area contributed by atoms with E-state index in [1.54, 1.807) is 11.1 Å². The van der Waals surface area contributed by atoms with Crippen LogP contribution >= 0.6 is 0 Å². The molecule has 5 unspecified atom stereocenters. The molecule has 4 aliphatic rings. The van der Waals surface area contributed by atoms with E-state index in [1.807, 2.05) is 0 Å². The molecule has 1 aliphatic heterocycles. The van der Waals surface area contributed by atoms with Crippen molar-refractivity contribution in [1.82, 2.24) is 0 Å². The van der Waals surface area contributed by atoms with Crippen molar-refractivity contribution >= 4 is 22.5 Å². The molecular weight excluding hydrogens is 571 g/mol. The third-order valence-corrected chi connectivity index (χ3v) is 13.1. The second-order valence-corrected chi connectivity index (χ2v) is 15.5. The molecule has 5 aromatic carbocycles. The third kappa shape index (κ3) is 3.97. The molecule has 5 atom stereocenters. The van der Waals surface area contributed by atoms with Gasteiger partial charge < -0.3 is 9.64 Å². The van der Waals surface area contributed by atoms with Crippen molar-refractivity contribution in [1.29, 1.82) is 0 Å². The Kier molecular flexibility index (Phi) is 6.36. The van der Waals surface area contributed by atoms with Gasteiger partial charge in [0.25, 0.3) is 0 Å². The number of fused-ring (bicyclic) bond motifs is 13. The van der Waals surface area contributed by atoms with E-state index in [-0.39, 0.29) is 5.41 Å². The lowest BCUT2D eigenvalue weighted by Gasteiger charge is -2.62. The van der Waals surface area contributed by atoms with Gasteiger partial charge >= 0.3 is 0 Å². The van der Waals surface area contributed by atoms with E-state index in [4.69, 9.17) is 4.74 Å². The summed E-state index contributed by atoms with van der Waals surface area (Å²) in [4.78, 5) is 2.16. The normalized spacial score (nSPS) is 28.7. The molecule has 0 saturated heterocycles. The predicted molar refractivity (Wildman–Crippen MR) is 196 cm³/mol. The van der Waals surface area contributed by atoms with Crippen molar-refractivity contribution in [3.8, 4) is 16.9 Å². The van der Waals surface area contributed by atoms with Gasteiger partial charge in [-0.2, -0.15) is 0 Å². The fourth-order valence-electron chi connectivity index (χ4n) is 10.4. The first-order valence-corrected chi connectivity index (χ1v) is 17.7. The molecule has 0 N–H and O–H groups in total. The molecule has 0 bridgehead atoms. The Morgan fingerprint density at radius 3 is 2.17 bits per heavy atom. The van der Waals surface area contributed by atoms with Gasteiger partial charge in [0.1, 0.15) is 5.75 Å². The van der Waals surface area contributed by atoms with Crippen molar-refractivity contribution < 1.29 is 4.74 Å². The second-order valence-electron chi connectivity index (χ2n) is 15.5. The number of hydrogen-bond acceptors (Lipinski definition) is 2. The summed E-state index contributed by atoms with van der Waals surface area (Å²) in [6.07, 6.45) is 12.7. The molecule has 2 heteroatoms. The summed E-state index contributed by atoms with van der Waals surface area (Å²) in [6, 6.07) is 38.2. The quantitative estimate of drug-likeness (QED) is 0.200. The molecule has 0 aromatic heterocycles. The van der Waals surface area contributed by atoms with Gasteiger partial charge in [-0.1, -0.05) is 124 Å². The highest BCUT2D eigenvalue weighted by Gasteiger charge is 2.59. The molecule has 0 radical (unpaired) electrons. The summed E-state index contributed by atoms with van der Waals surface area (Å²) in [5.74, 6) is 2.00. The van der Waals surface area contributed by atoms with E-state index in [0.717, 1.165) is 16.9 Å². The van der Waals surface area contributed by atoms with E-state index >= 15 is 0 Å². The molecule has 47 heavy (non-hydrogen) atoms. The second kappa shape index (κ2) is 10.3. The maximum Gasteiger partial charge on any atom is 0.178 e. The van der Waals surface area contributed by atoms with Crippen LogP contribution in [-0.4, -0.2) is 14.1 Å². The van der Waals surface area contributed by atoms with Crippen LogP contribution in [0.4, 0.5) is 5.69 Å². The molecule has 2 saturated carbocycles. The lowest BCUT2D eigenvalue weighted by Crippen LogP contribution is -2.51. The fourth-order valence-corrected chi connectivity index (χ4v) is 10.4. The first-order chi connectivity index (χ1) is 22.8. The molecule has 1 heterocycles. The monoisotopic (exact) mass is 615 g/mol. The summed E-state index contributed by atoms with van der Waals surface area (Å²) in [6.45, 7) is 5.29. The molecule has 0 spiro atoms. The van der Waals surface area contributed by atoms with Crippen LogP contribution in [0.2, 0.25) is 0 Å². The smallest absolute Gasteiger partial charge is 0.178 e. The summed E-state index contributed by atoms with van der Waals surface area (Å²) < 4.78 is 7.63. The highest BCUT2D eigenvalue weighted by Crippen LogP contribution is 2.71. The van der Waals surface area contributed by atoms with Gasteiger partial charge in [0, 0.05) is 41.9 Å². The number of nitrogens with zero attached hydrogens (tertiary/aromatic N) is 1. The Balaban J connectivity index is 1.35. The number of benzene rings is 5. The third-order valence-electron chi connectivity index (χ3n) is 13.1. The van der Waals surface area contributed by atoms with Crippen molar-refractivity contribution in [3.63, 3.8) is 0 Å². The molecule has 2 fully saturated rings. The van der Waals surface area contributed by atoms with E-state index in [9.17, 15) is 0 Å². The van der Waals surface area contributed by atoms with Crippen LogP contribution < -0.4 is 9.64 Å². The topological polar surface area (TPSA) is 12.5 Å². The molecule has 9 rings (SSSR count). The fraction of sp³-hybridized carbons (Fsp3) is 0.333. The predicted octanol–water partition coefficient (Wildman–Crippen LogP) is 11.5. The largest absolute Gasteiger partial charge is 0.472 e. The lowest BCUT2D eigenvalue weighted by molar-refractivity contribution is -0.0554. The van der Waals surface area contributed by atoms with Gasteiger partial charge in [-0.15, -0.1) is 0 Å². The molecule has 0 amide bonds. The number of anilines is 1. The van der Waals surface area contributed by atoms with Crippen molar-refractivity contribution in [3.05, 3.63) is 137 Å². The average molecular weight is 616 g/mol. The van der Waals surface area contributed by atoms with Gasteiger partial charge in [0.2, 0.25) is 0 Å². The van der Waals surface area contributed by atoms with Gasteiger partial charge in [-0.05, 0) is 94.2 Å². The average Bonchev–Trinajstić information content (AvgIpc) is 3.11. The van der Waals surface area contributed by atoms with E-state index in [2.05, 4.69) is 148 Å². The van der Waals surface area contributed by atoms with Crippen molar-refractivity contribution in [2.24, 2.45) is 10.8 Å². The highest BCUT2D eigenvalue weighted by atomic mass is 16.5. The number of ether oxygens (including phenoxy) is 1. The van der Waals surface area contributed by atoms with E-state index in [1.165, 1.54) is 71.7 Å². The summed E-state index contributed by atoms with van der Waals surface area (Å²) >= 11 is 0. The van der Waals surface area contributed by atoms with Gasteiger partial charge in [-0.25, -0.2) is 0 Å². The molecule has 5 aromatic rings. The minimum atomic E-state index is -0.738. The Labute approximate surface area is 280 Å². The Bertz CT molecular complexity index is 2040. The first kappa shape index (κ1) is 28.9. The van der Waals surface area contributed by atoms with Crippen LogP contribution in [0.1, 0.15) is 92.0 Å². The zero-order valence-corrected chi connectivity index (χ0v) is 28.2. The Hall–Kier alpha value is -4.30. The zero-order valence-electron chi connectivity index (χ0n) is 28.2. The van der Waals surface area contributed by atoms with E-state index < -0.39 is 5.60 Å². The van der Waals surface area contributed by atoms with Crippen LogP contribution in [0.15, 0.2) is 109 Å². The molecule has 236 valence electrons. The Morgan fingerprint density at radius 2 is 1.38 bits per heavy atom. The van der Waals surface area contributed by atoms with E-state index in [0.29, 0.717) is 17.3 Å². The van der Waals surface area contributed by atoms with Crippen molar-refractivity contribution in [2.45, 2.75) is 69.8 Å². The summed E-state index contributed by atoms with van der Waals surface area (Å²) in [5.41, 5.74) is 10.6. The number of rotatable bonds is 3. The standard InChI is InChI=1S/C45H45NO/c1-43-26-12-13-27-44(43,2)41-36(24-28-43)33-16-8-9-17-34(33)39-35-18-10-11-19-37(35)42-38(40(39)41)25-29-45(47-42,30-14-6-5-7-15-30)31-20-22-32(23-21-31)46(3)4/h5-11,14-23,25,29,36,41H,12-13,24,26-28H2,1-4H3. The van der Waals surface area contributed by atoms with Crippen molar-refractivity contribution in [2.75, 3.05) is 19.0 Å². The van der Waals surface area contributed by atoms with Crippen LogP contribution in [0.3, 0.4) is 0 Å². The lowest BCUT2D eigenvalue weighted by atomic mass is 9.42. The SMILES string of the molecule is CN(C)c1ccc(C2(c3ccccc3)C=Cc3c4c(c5ccccc5c3O2)-c2ccccc2C2CCC3(C)CCCCC3(C)C42)cc1. The molecular formula is C45H45NO. The first-order valence-electron chi connectivity index (χ1n) is 17.7. The van der Waals surface area contributed by atoms with Crippen LogP contribution in [0.25, 0.3) is 28.0 Å². The van der Waals surface area contributed by atoms with Crippen LogP contribution in [-0.2, 0) is 5.60 Å². The highest BCUT2D eigenvalue weighted by molar-refractivity contribution is 6.06. The van der Waals surface area contributed by atoms with Crippen LogP contribution in [0.5, 0.6) is 5.75 Å². The summed E-state index contributed by atoms with van der Waals surface area (Å²) in [5, 5.41) is 2.52. The van der Waals surface area contributed by atoms with Crippen LogP contribution in [0, 0.1) is 10.8 Å².